The molecule has 0 aliphatic heterocycles. The molecule has 1 aliphatic carbocycles. The van der Waals surface area contributed by atoms with Crippen LogP contribution in [0, 0.1) is 11.7 Å². The molecule has 2 rings (SSSR count). The summed E-state index contributed by atoms with van der Waals surface area (Å²) in [5.41, 5.74) is 5.85. The van der Waals surface area contributed by atoms with Crippen molar-refractivity contribution in [2.45, 2.75) is 63.5 Å². The summed E-state index contributed by atoms with van der Waals surface area (Å²) in [7, 11) is 1.56. The average molecular weight is 351 g/mol. The minimum absolute atomic E-state index is 0.0818. The van der Waals surface area contributed by atoms with Gasteiger partial charge in [0.05, 0.1) is 25.4 Å². The standard InChI is InChI=1S/C20H30FNO3/c1-14(25-13-20(2,22)12-23)19(15-7-5-4-6-8-15)17-10-9-16(21)11-18(17)24-3/h9-12,14-15,19H,4-8,13,22H2,1-3H3/t14-,19-,20+/m0/s1. The van der Waals surface area contributed by atoms with Crippen LogP contribution in [-0.2, 0) is 9.53 Å². The zero-order valence-corrected chi connectivity index (χ0v) is 15.5. The van der Waals surface area contributed by atoms with Crippen molar-refractivity contribution in [1.82, 2.24) is 0 Å². The molecule has 0 amide bonds. The second kappa shape index (κ2) is 8.77. The molecule has 0 bridgehead atoms. The number of ether oxygens (including phenoxy) is 2. The number of hydrogen-bond acceptors (Lipinski definition) is 4. The smallest absolute Gasteiger partial charge is 0.141 e. The van der Waals surface area contributed by atoms with Crippen LogP contribution in [0.15, 0.2) is 18.2 Å². The predicted octanol–water partition coefficient (Wildman–Crippen LogP) is 3.82. The fourth-order valence-corrected chi connectivity index (χ4v) is 3.79. The first-order valence-electron chi connectivity index (χ1n) is 9.08. The van der Waals surface area contributed by atoms with E-state index in [-0.39, 0.29) is 24.4 Å². The Balaban J connectivity index is 2.28. The Kier molecular flexibility index (Phi) is 6.96. The summed E-state index contributed by atoms with van der Waals surface area (Å²) < 4.78 is 25.1. The Bertz CT molecular complexity index is 570. The molecule has 0 radical (unpaired) electrons. The molecule has 5 heteroatoms. The maximum atomic E-state index is 13.6. The van der Waals surface area contributed by atoms with Gasteiger partial charge in [0, 0.05) is 17.5 Å². The molecule has 2 N–H and O–H groups in total. The molecular formula is C20H30FNO3. The quantitative estimate of drug-likeness (QED) is 0.723. The summed E-state index contributed by atoms with van der Waals surface area (Å²) in [6.45, 7) is 3.81. The Morgan fingerprint density at radius 1 is 1.36 bits per heavy atom. The second-order valence-electron chi connectivity index (χ2n) is 7.45. The van der Waals surface area contributed by atoms with E-state index >= 15 is 0 Å². The van der Waals surface area contributed by atoms with E-state index in [0.29, 0.717) is 18.0 Å². The lowest BCUT2D eigenvalue weighted by atomic mass is 9.74. The number of methoxy groups -OCH3 is 1. The molecule has 25 heavy (non-hydrogen) atoms. The number of hydrogen-bond donors (Lipinski definition) is 1. The summed E-state index contributed by atoms with van der Waals surface area (Å²) >= 11 is 0. The Labute approximate surface area is 149 Å². The van der Waals surface area contributed by atoms with Gasteiger partial charge < -0.3 is 20.0 Å². The van der Waals surface area contributed by atoms with Crippen molar-refractivity contribution >= 4 is 6.29 Å². The third kappa shape index (κ3) is 5.25. The average Bonchev–Trinajstić information content (AvgIpc) is 2.62. The van der Waals surface area contributed by atoms with Crippen LogP contribution in [0.4, 0.5) is 4.39 Å². The first-order valence-corrected chi connectivity index (χ1v) is 9.08. The maximum Gasteiger partial charge on any atom is 0.141 e. The van der Waals surface area contributed by atoms with Gasteiger partial charge >= 0.3 is 0 Å². The van der Waals surface area contributed by atoms with E-state index in [1.165, 1.54) is 31.4 Å². The monoisotopic (exact) mass is 351 g/mol. The number of nitrogens with two attached hydrogens (primary N) is 1. The van der Waals surface area contributed by atoms with Gasteiger partial charge in [-0.3, -0.25) is 0 Å². The Morgan fingerprint density at radius 2 is 2.04 bits per heavy atom. The van der Waals surface area contributed by atoms with Crippen LogP contribution in [-0.4, -0.2) is 31.6 Å². The fourth-order valence-electron chi connectivity index (χ4n) is 3.79. The number of carbonyl (C=O) groups is 1. The molecule has 0 aromatic heterocycles. The number of benzene rings is 1. The van der Waals surface area contributed by atoms with E-state index in [1.807, 2.05) is 6.92 Å². The summed E-state index contributed by atoms with van der Waals surface area (Å²) in [5.74, 6) is 0.769. The van der Waals surface area contributed by atoms with Crippen molar-refractivity contribution in [3.8, 4) is 5.75 Å². The number of carbonyl (C=O) groups excluding carboxylic acids is 1. The number of aldehydes is 1. The van der Waals surface area contributed by atoms with Crippen LogP contribution in [0.2, 0.25) is 0 Å². The molecule has 1 aliphatic rings. The number of halogens is 1. The Morgan fingerprint density at radius 3 is 2.64 bits per heavy atom. The van der Waals surface area contributed by atoms with Gasteiger partial charge in [-0.05, 0) is 38.7 Å². The lowest BCUT2D eigenvalue weighted by Gasteiger charge is -2.36. The first-order chi connectivity index (χ1) is 11.9. The SMILES string of the molecule is COc1cc(F)ccc1[C@H](C1CCCCC1)[C@H](C)OC[C@](C)(N)C=O. The highest BCUT2D eigenvalue weighted by Crippen LogP contribution is 2.42. The van der Waals surface area contributed by atoms with E-state index in [0.717, 1.165) is 18.4 Å². The van der Waals surface area contributed by atoms with E-state index in [9.17, 15) is 9.18 Å². The van der Waals surface area contributed by atoms with Crippen molar-refractivity contribution in [1.29, 1.82) is 0 Å². The molecule has 0 spiro atoms. The molecule has 0 unspecified atom stereocenters. The number of rotatable bonds is 8. The van der Waals surface area contributed by atoms with E-state index in [2.05, 4.69) is 0 Å². The third-order valence-electron chi connectivity index (χ3n) is 5.14. The van der Waals surface area contributed by atoms with Gasteiger partial charge in [0.1, 0.15) is 17.9 Å². The molecule has 4 nitrogen and oxygen atoms in total. The van der Waals surface area contributed by atoms with Gasteiger partial charge in [-0.15, -0.1) is 0 Å². The van der Waals surface area contributed by atoms with Gasteiger partial charge in [0.15, 0.2) is 0 Å². The van der Waals surface area contributed by atoms with E-state index < -0.39 is 5.54 Å². The Hall–Kier alpha value is -1.46. The van der Waals surface area contributed by atoms with E-state index in [1.54, 1.807) is 20.1 Å². The topological polar surface area (TPSA) is 61.6 Å². The molecule has 3 atom stereocenters. The highest BCUT2D eigenvalue weighted by Gasteiger charge is 2.33. The van der Waals surface area contributed by atoms with Crippen LogP contribution >= 0.6 is 0 Å². The molecule has 1 aromatic carbocycles. The van der Waals surface area contributed by atoms with Crippen molar-refractivity contribution < 1.29 is 18.7 Å². The molecule has 1 aromatic rings. The second-order valence-corrected chi connectivity index (χ2v) is 7.45. The first kappa shape index (κ1) is 19.9. The fraction of sp³-hybridized carbons (Fsp3) is 0.650. The summed E-state index contributed by atoms with van der Waals surface area (Å²) in [5, 5.41) is 0. The highest BCUT2D eigenvalue weighted by atomic mass is 19.1. The van der Waals surface area contributed by atoms with Gasteiger partial charge in [-0.25, -0.2) is 4.39 Å². The van der Waals surface area contributed by atoms with Crippen molar-refractivity contribution in [2.75, 3.05) is 13.7 Å². The molecule has 140 valence electrons. The molecular weight excluding hydrogens is 321 g/mol. The minimum Gasteiger partial charge on any atom is -0.496 e. The van der Waals surface area contributed by atoms with Crippen LogP contribution in [0.1, 0.15) is 57.4 Å². The summed E-state index contributed by atoms with van der Waals surface area (Å²) in [6.07, 6.45) is 6.45. The highest BCUT2D eigenvalue weighted by molar-refractivity contribution is 5.63. The van der Waals surface area contributed by atoms with Gasteiger partial charge in [0.2, 0.25) is 0 Å². The predicted molar refractivity (Wildman–Crippen MR) is 96.3 cm³/mol. The zero-order chi connectivity index (χ0) is 18.4. The van der Waals surface area contributed by atoms with E-state index in [4.69, 9.17) is 15.2 Å². The van der Waals surface area contributed by atoms with Crippen LogP contribution in [0.5, 0.6) is 5.75 Å². The molecule has 0 heterocycles. The summed E-state index contributed by atoms with van der Waals surface area (Å²) in [4.78, 5) is 11.1. The van der Waals surface area contributed by atoms with Gasteiger partial charge in [0.25, 0.3) is 0 Å². The molecule has 1 saturated carbocycles. The van der Waals surface area contributed by atoms with Crippen LogP contribution < -0.4 is 10.5 Å². The van der Waals surface area contributed by atoms with Crippen LogP contribution in [0.25, 0.3) is 0 Å². The third-order valence-corrected chi connectivity index (χ3v) is 5.14. The van der Waals surface area contributed by atoms with Gasteiger partial charge in [-0.2, -0.15) is 0 Å². The van der Waals surface area contributed by atoms with Crippen LogP contribution in [0.3, 0.4) is 0 Å². The zero-order valence-electron chi connectivity index (χ0n) is 15.5. The van der Waals surface area contributed by atoms with Crippen molar-refractivity contribution in [2.24, 2.45) is 11.7 Å². The van der Waals surface area contributed by atoms with Crippen molar-refractivity contribution in [3.63, 3.8) is 0 Å². The lowest BCUT2D eigenvalue weighted by Crippen LogP contribution is -2.44. The lowest BCUT2D eigenvalue weighted by molar-refractivity contribution is -0.114. The normalized spacial score (nSPS) is 20.5. The van der Waals surface area contributed by atoms with Gasteiger partial charge in [-0.1, -0.05) is 25.3 Å². The maximum absolute atomic E-state index is 13.6. The largest absolute Gasteiger partial charge is 0.496 e. The van der Waals surface area contributed by atoms with Crippen molar-refractivity contribution in [3.05, 3.63) is 29.6 Å². The summed E-state index contributed by atoms with van der Waals surface area (Å²) in [6, 6.07) is 4.70. The minimum atomic E-state index is -1.00. The molecule has 1 fully saturated rings. The molecule has 0 saturated heterocycles.